The quantitative estimate of drug-likeness (QED) is 0.0726. The second-order valence-electron chi connectivity index (χ2n) is 44.6. The topological polar surface area (TPSA) is 141 Å². The van der Waals surface area contributed by atoms with Crippen molar-refractivity contribution in [2.45, 2.75) is 281 Å². The molecule has 6 N–H and O–H groups in total. The van der Waals surface area contributed by atoms with Gasteiger partial charge in [0.25, 0.3) is 0 Å². The molecule has 738 valence electrons. The number of phenols is 6. The van der Waals surface area contributed by atoms with E-state index >= 15 is 0 Å². The Morgan fingerprint density at radius 3 is 0.810 bits per heavy atom. The number of benzene rings is 12. The molecule has 22 heteroatoms. The third-order valence-corrected chi connectivity index (χ3v) is 31.8. The molecule has 6 aliphatic rings. The van der Waals surface area contributed by atoms with Crippen molar-refractivity contribution in [2.75, 3.05) is 104 Å². The highest BCUT2D eigenvalue weighted by molar-refractivity contribution is 6.41. The van der Waals surface area contributed by atoms with Crippen LogP contribution in [0.3, 0.4) is 0 Å². The number of hydrogen-bond donors (Lipinski definition) is 6. The van der Waals surface area contributed by atoms with Gasteiger partial charge in [-0.15, -0.1) is 69.6 Å². The van der Waals surface area contributed by atoms with Crippen molar-refractivity contribution in [1.29, 1.82) is 0 Å². The maximum absolute atomic E-state index is 14.4. The first-order chi connectivity index (χ1) is 64.0. The summed E-state index contributed by atoms with van der Waals surface area (Å²) in [5.74, 6) is 5.20. The Bertz CT molecular complexity index is 6310. The Labute approximate surface area is 852 Å². The minimum atomic E-state index is -0.626. The van der Waals surface area contributed by atoms with Gasteiger partial charge in [0.1, 0.15) is 46.1 Å². The first-order valence-corrected chi connectivity index (χ1v) is 52.4. The Hall–Kier alpha value is -8.02. The van der Waals surface area contributed by atoms with Crippen LogP contribution in [0.4, 0.5) is 42.9 Å². The number of fused-ring (bicyclic) bond motifs is 18. The molecule has 12 aromatic carbocycles. The number of aromatic hydroxyl groups is 6. The van der Waals surface area contributed by atoms with E-state index in [4.69, 9.17) is 92.8 Å². The van der Waals surface area contributed by atoms with Crippen LogP contribution in [0.25, 0.3) is 64.6 Å². The third-order valence-electron chi connectivity index (χ3n) is 29.0. The fraction of sp³-hybridized carbons (Fsp3) is 0.478. The van der Waals surface area contributed by atoms with Gasteiger partial charge < -0.3 is 60.0 Å². The van der Waals surface area contributed by atoms with Gasteiger partial charge >= 0.3 is 0 Å². The van der Waals surface area contributed by atoms with Crippen LogP contribution in [-0.4, -0.2) is 138 Å². The van der Waals surface area contributed by atoms with E-state index in [9.17, 15) is 39.4 Å². The molecular formula is C115H142Cl8F2N6O6. The predicted molar refractivity (Wildman–Crippen MR) is 588 cm³/mol. The number of rotatable bonds is 10. The van der Waals surface area contributed by atoms with E-state index in [1.807, 2.05) is 45.0 Å². The van der Waals surface area contributed by atoms with E-state index in [1.165, 1.54) is 88.8 Å². The lowest BCUT2D eigenvalue weighted by Gasteiger charge is -2.35. The van der Waals surface area contributed by atoms with Crippen molar-refractivity contribution in [3.63, 3.8) is 0 Å². The molecule has 18 rings (SSSR count). The van der Waals surface area contributed by atoms with Crippen LogP contribution in [0, 0.1) is 39.3 Å². The molecule has 6 atom stereocenters. The van der Waals surface area contributed by atoms with Crippen molar-refractivity contribution >= 4 is 192 Å². The Balaban J connectivity index is 0.000000139. The second-order valence-corrected chi connectivity index (χ2v) is 47.3. The number of nitrogens with zero attached hydrogens (tertiary/aromatic N) is 6. The lowest BCUT2D eigenvalue weighted by molar-refractivity contribution is 0.475. The second kappa shape index (κ2) is 40.4. The van der Waals surface area contributed by atoms with Gasteiger partial charge in [-0.2, -0.15) is 0 Å². The van der Waals surface area contributed by atoms with Gasteiger partial charge in [0.05, 0.1) is 10.4 Å². The van der Waals surface area contributed by atoms with Gasteiger partial charge in [0.2, 0.25) is 0 Å². The molecule has 0 aromatic heterocycles. The third kappa shape index (κ3) is 19.8. The highest BCUT2D eigenvalue weighted by Crippen LogP contribution is 2.58. The van der Waals surface area contributed by atoms with E-state index < -0.39 is 11.6 Å². The first-order valence-electron chi connectivity index (χ1n) is 48.5. The molecule has 0 saturated heterocycles. The van der Waals surface area contributed by atoms with Gasteiger partial charge in [0.15, 0.2) is 0 Å². The number of alkyl halides is 6. The van der Waals surface area contributed by atoms with E-state index in [0.29, 0.717) is 115 Å². The summed E-state index contributed by atoms with van der Waals surface area (Å²) in [4.78, 5) is 13.9. The van der Waals surface area contributed by atoms with Crippen LogP contribution in [0.2, 0.25) is 10.0 Å². The molecular weight excluding hydrogens is 1880 g/mol. The normalized spacial score (nSPS) is 17.9. The highest BCUT2D eigenvalue weighted by Gasteiger charge is 2.45. The predicted octanol–water partition coefficient (Wildman–Crippen LogP) is 32.5. The molecule has 0 saturated carbocycles. The standard InChI is InChI=1S/2C21H28ClNO.C20H26ClNO.C19H24ClNO.C17H18Cl3NO.C17H18ClF2NO/c1-12(2)15-8-7-13(3)18-19-14(10-22)11-23(21(4,5)6)16(19)9-17(24)20(15)18;1-6-13-8-9-14(7-2)20-18-15(11-22)12-23(21(3,4)5)16(18)10-17(24)19(13)20;1-6-13-8-7-12(2)17-18-14(10-21)11-22(20(3,4)5)15(18)9-16(23)19(13)17;1-11-6-7-12(2)17-16(11)15(22)8-14-18(17)13(9-20)10-21(14)19(3,4)5;2*1-17(2,3)21-8-9(7-18)14-12(21)6-13(22)15-10(19)4-5-11(20)16(14)15/h7-9,12,14,24H,10-11H2,1-6H3;8-10,15,24H,6-7,11-12H2,1-5H3;7-9,14,23H,6,10-11H2,1-5H3;6-8,13,22H,9-10H2,1-5H3;2*4-6,9,22H,7-8H2,1-3H3/t14-;15-;14-;13-;2*9-/m111111/s1. The van der Waals surface area contributed by atoms with Gasteiger partial charge in [-0.1, -0.05) is 106 Å². The van der Waals surface area contributed by atoms with Crippen LogP contribution in [-0.2, 0) is 19.3 Å². The summed E-state index contributed by atoms with van der Waals surface area (Å²) in [6.07, 6.45) is 2.79. The van der Waals surface area contributed by atoms with E-state index in [0.717, 1.165) is 136 Å². The molecule has 0 unspecified atom stereocenters. The van der Waals surface area contributed by atoms with Gasteiger partial charge in [-0.25, -0.2) is 8.78 Å². The zero-order valence-electron chi connectivity index (χ0n) is 85.2. The van der Waals surface area contributed by atoms with Crippen LogP contribution >= 0.6 is 92.8 Å². The van der Waals surface area contributed by atoms with Crippen molar-refractivity contribution in [1.82, 2.24) is 0 Å². The Kier molecular flexibility index (Phi) is 31.4. The van der Waals surface area contributed by atoms with Gasteiger partial charge in [0, 0.05) is 257 Å². The SMILES string of the molecule is CC(C)(C)N1C[C@@H](CCl)c2c1cc(O)c1c(Cl)ccc(Cl)c21.CC(C)(C)N1C[C@@H](CCl)c2c1cc(O)c1c(F)ccc(F)c21.CCc1ccc(C)c2c3c(cc(O)c12)N(C(C)(C)C)C[C@H]3CCl.CCc1ccc(CC)c2c3c(cc(O)c12)N(C(C)(C)C)C[C@H]3CCl.Cc1ccc(C(C)C)c2c(O)cc3c(c12)[C@H](CCl)CN3C(C)(C)C.Cc1ccc(C)c2c3c(cc(O)c12)N(C(C)(C)C)C[C@H]3CCl. The van der Waals surface area contributed by atoms with Crippen LogP contribution < -0.4 is 29.4 Å². The molecule has 6 heterocycles. The Morgan fingerprint density at radius 1 is 0.277 bits per heavy atom. The average molecular weight is 2030 g/mol. The van der Waals surface area contributed by atoms with Crippen molar-refractivity contribution in [2.24, 2.45) is 0 Å². The number of hydrogen-bond acceptors (Lipinski definition) is 12. The zero-order chi connectivity index (χ0) is 101. The summed E-state index contributed by atoms with van der Waals surface area (Å²) in [5.41, 5.74) is 22.8. The molecule has 137 heavy (non-hydrogen) atoms. The highest BCUT2D eigenvalue weighted by atomic mass is 35.5. The van der Waals surface area contributed by atoms with Gasteiger partial charge in [-0.3, -0.25) is 0 Å². The molecule has 12 aromatic rings. The summed E-state index contributed by atoms with van der Waals surface area (Å²) >= 11 is 50.4. The summed E-state index contributed by atoms with van der Waals surface area (Å²) < 4.78 is 28.5. The lowest BCUT2D eigenvalue weighted by atomic mass is 9.87. The fourth-order valence-corrected chi connectivity index (χ4v) is 24.3. The van der Waals surface area contributed by atoms with Crippen molar-refractivity contribution in [3.8, 4) is 34.5 Å². The maximum Gasteiger partial charge on any atom is 0.134 e. The molecule has 6 aliphatic heterocycles. The molecule has 0 radical (unpaired) electrons. The van der Waals surface area contributed by atoms with E-state index in [-0.39, 0.29) is 67.3 Å². The summed E-state index contributed by atoms with van der Waals surface area (Å²) in [6.45, 7) is 63.5. The lowest BCUT2D eigenvalue weighted by Crippen LogP contribution is -2.40. The average Bonchev–Trinajstić information content (AvgIpc) is 1.63. The number of phenolic OH excluding ortho intramolecular Hbond substituents is 6. The van der Waals surface area contributed by atoms with E-state index in [2.05, 4.69) is 244 Å². The summed E-state index contributed by atoms with van der Waals surface area (Å²) in [5, 5.41) is 75.3. The summed E-state index contributed by atoms with van der Waals surface area (Å²) in [7, 11) is 0. The molecule has 0 fully saturated rings. The molecule has 12 nitrogen and oxygen atoms in total. The van der Waals surface area contributed by atoms with Crippen LogP contribution in [0.1, 0.15) is 279 Å². The van der Waals surface area contributed by atoms with E-state index in [1.54, 1.807) is 18.2 Å². The number of aryl methyl sites for hydroxylation is 7. The molecule has 0 aliphatic carbocycles. The smallest absolute Gasteiger partial charge is 0.134 e. The molecule has 0 bridgehead atoms. The number of halogens is 10. The molecule has 0 spiro atoms. The summed E-state index contributed by atoms with van der Waals surface area (Å²) in [6, 6.07) is 34.0. The molecule has 0 amide bonds. The zero-order valence-corrected chi connectivity index (χ0v) is 91.2. The van der Waals surface area contributed by atoms with Crippen LogP contribution in [0.15, 0.2) is 109 Å². The minimum absolute atomic E-state index is 0.000755. The van der Waals surface area contributed by atoms with Crippen molar-refractivity contribution in [3.05, 3.63) is 209 Å². The monoisotopic (exact) mass is 2020 g/mol. The largest absolute Gasteiger partial charge is 0.507 e. The minimum Gasteiger partial charge on any atom is -0.507 e. The van der Waals surface area contributed by atoms with Crippen LogP contribution in [0.5, 0.6) is 34.5 Å². The van der Waals surface area contributed by atoms with Crippen molar-refractivity contribution < 1.29 is 39.4 Å². The Morgan fingerprint density at radius 2 is 0.496 bits per heavy atom. The number of anilines is 6. The van der Waals surface area contributed by atoms with Gasteiger partial charge in [-0.05, 0) is 301 Å². The first kappa shape index (κ1) is 106. The fourth-order valence-electron chi connectivity index (χ4n) is 22.3. The maximum atomic E-state index is 14.4.